The van der Waals surface area contributed by atoms with Crippen LogP contribution in [0.2, 0.25) is 0 Å². The Morgan fingerprint density at radius 1 is 1.57 bits per heavy atom. The van der Waals surface area contributed by atoms with Crippen LogP contribution in [0.15, 0.2) is 18.2 Å². The summed E-state index contributed by atoms with van der Waals surface area (Å²) in [4.78, 5) is 12.3. The lowest BCUT2D eigenvalue weighted by Crippen LogP contribution is -2.16. The summed E-state index contributed by atoms with van der Waals surface area (Å²) >= 11 is 0. The molecule has 3 nitrogen and oxygen atoms in total. The highest BCUT2D eigenvalue weighted by Gasteiger charge is 2.11. The summed E-state index contributed by atoms with van der Waals surface area (Å²) in [6.45, 7) is 2.68. The highest BCUT2D eigenvalue weighted by molar-refractivity contribution is 5.88. The zero-order chi connectivity index (χ0) is 10.7. The van der Waals surface area contributed by atoms with E-state index < -0.39 is 11.8 Å². The lowest BCUT2D eigenvalue weighted by molar-refractivity contribution is 0.0692. The van der Waals surface area contributed by atoms with Gasteiger partial charge in [0, 0.05) is 19.3 Å². The molecule has 1 aromatic rings. The van der Waals surface area contributed by atoms with Crippen molar-refractivity contribution in [1.82, 2.24) is 0 Å². The Balaban J connectivity index is 3.06. The van der Waals surface area contributed by atoms with Gasteiger partial charge in [0.1, 0.15) is 5.82 Å². The van der Waals surface area contributed by atoms with Crippen LogP contribution in [0.5, 0.6) is 0 Å². The standard InChI is InChI=1S/C10H12FNO2/c1-3-12(2)7-4-5-8(10(13)14)9(11)6-7/h4-6H,3H2,1-2H3,(H,13,14). The van der Waals surface area contributed by atoms with Crippen LogP contribution in [0.4, 0.5) is 10.1 Å². The second kappa shape index (κ2) is 4.09. The minimum Gasteiger partial charge on any atom is -0.478 e. The van der Waals surface area contributed by atoms with Crippen molar-refractivity contribution in [3.05, 3.63) is 29.6 Å². The first kappa shape index (κ1) is 10.5. The quantitative estimate of drug-likeness (QED) is 0.805. The Labute approximate surface area is 81.8 Å². The number of rotatable bonds is 3. The number of benzene rings is 1. The van der Waals surface area contributed by atoms with Crippen molar-refractivity contribution in [2.75, 3.05) is 18.5 Å². The van der Waals surface area contributed by atoms with E-state index in [2.05, 4.69) is 0 Å². The van der Waals surface area contributed by atoms with E-state index in [9.17, 15) is 9.18 Å². The normalized spacial score (nSPS) is 9.93. The van der Waals surface area contributed by atoms with Gasteiger partial charge in [-0.15, -0.1) is 0 Å². The van der Waals surface area contributed by atoms with E-state index in [0.717, 1.165) is 6.54 Å². The topological polar surface area (TPSA) is 40.5 Å². The number of aromatic carboxylic acids is 1. The summed E-state index contributed by atoms with van der Waals surface area (Å²) in [6, 6.07) is 4.10. The molecule has 0 amide bonds. The Hall–Kier alpha value is -1.58. The maximum atomic E-state index is 13.2. The maximum Gasteiger partial charge on any atom is 0.338 e. The van der Waals surface area contributed by atoms with Crippen LogP contribution in [0, 0.1) is 5.82 Å². The largest absolute Gasteiger partial charge is 0.478 e. The van der Waals surface area contributed by atoms with Crippen LogP contribution in [-0.2, 0) is 0 Å². The Kier molecular flexibility index (Phi) is 3.06. The molecular formula is C10H12FNO2. The lowest BCUT2D eigenvalue weighted by Gasteiger charge is -2.16. The van der Waals surface area contributed by atoms with E-state index in [0.29, 0.717) is 5.69 Å². The molecule has 76 valence electrons. The van der Waals surface area contributed by atoms with E-state index in [-0.39, 0.29) is 5.56 Å². The first-order chi connectivity index (χ1) is 6.56. The summed E-state index contributed by atoms with van der Waals surface area (Å²) in [5.74, 6) is -1.94. The molecular weight excluding hydrogens is 185 g/mol. The Bertz CT molecular complexity index is 352. The fourth-order valence-electron chi connectivity index (χ4n) is 1.10. The minimum absolute atomic E-state index is 0.293. The molecule has 14 heavy (non-hydrogen) atoms. The maximum absolute atomic E-state index is 13.2. The molecule has 0 atom stereocenters. The van der Waals surface area contributed by atoms with E-state index in [1.54, 1.807) is 6.07 Å². The number of carbonyl (C=O) groups is 1. The smallest absolute Gasteiger partial charge is 0.338 e. The molecule has 1 N–H and O–H groups in total. The van der Waals surface area contributed by atoms with Crippen LogP contribution < -0.4 is 4.90 Å². The fourth-order valence-corrected chi connectivity index (χ4v) is 1.10. The molecule has 0 aliphatic heterocycles. The van der Waals surface area contributed by atoms with Crippen LogP contribution in [0.25, 0.3) is 0 Å². The molecule has 0 heterocycles. The van der Waals surface area contributed by atoms with E-state index in [1.165, 1.54) is 12.1 Å². The molecule has 0 saturated carbocycles. The molecule has 0 saturated heterocycles. The molecule has 1 aromatic carbocycles. The molecule has 0 aliphatic rings. The molecule has 0 spiro atoms. The van der Waals surface area contributed by atoms with Gasteiger partial charge in [0.15, 0.2) is 0 Å². The van der Waals surface area contributed by atoms with E-state index >= 15 is 0 Å². The van der Waals surface area contributed by atoms with E-state index in [4.69, 9.17) is 5.11 Å². The van der Waals surface area contributed by atoms with Crippen molar-refractivity contribution in [3.63, 3.8) is 0 Å². The summed E-state index contributed by atoms with van der Waals surface area (Å²) < 4.78 is 13.2. The highest BCUT2D eigenvalue weighted by Crippen LogP contribution is 2.17. The zero-order valence-electron chi connectivity index (χ0n) is 8.12. The third-order valence-corrected chi connectivity index (χ3v) is 2.10. The first-order valence-corrected chi connectivity index (χ1v) is 4.30. The Morgan fingerprint density at radius 2 is 2.21 bits per heavy atom. The minimum atomic E-state index is -1.24. The van der Waals surface area contributed by atoms with E-state index in [1.807, 2.05) is 18.9 Å². The zero-order valence-corrected chi connectivity index (χ0v) is 8.12. The summed E-state index contributed by atoms with van der Waals surface area (Å²) in [7, 11) is 1.81. The van der Waals surface area contributed by atoms with Crippen molar-refractivity contribution in [2.24, 2.45) is 0 Å². The van der Waals surface area contributed by atoms with Crippen LogP contribution in [0.1, 0.15) is 17.3 Å². The monoisotopic (exact) mass is 197 g/mol. The molecule has 0 aromatic heterocycles. The number of anilines is 1. The third-order valence-electron chi connectivity index (χ3n) is 2.10. The van der Waals surface area contributed by atoms with Crippen molar-refractivity contribution in [3.8, 4) is 0 Å². The number of halogens is 1. The average molecular weight is 197 g/mol. The third kappa shape index (κ3) is 2.02. The van der Waals surface area contributed by atoms with Gasteiger partial charge in [0.2, 0.25) is 0 Å². The van der Waals surface area contributed by atoms with Gasteiger partial charge in [-0.1, -0.05) is 0 Å². The van der Waals surface area contributed by atoms with Crippen LogP contribution in [-0.4, -0.2) is 24.7 Å². The van der Waals surface area contributed by atoms with Gasteiger partial charge >= 0.3 is 5.97 Å². The van der Waals surface area contributed by atoms with Crippen molar-refractivity contribution >= 4 is 11.7 Å². The number of nitrogens with zero attached hydrogens (tertiary/aromatic N) is 1. The molecule has 0 bridgehead atoms. The van der Waals surface area contributed by atoms with Gasteiger partial charge in [-0.2, -0.15) is 0 Å². The van der Waals surface area contributed by atoms with Crippen molar-refractivity contribution in [1.29, 1.82) is 0 Å². The molecule has 1 rings (SSSR count). The van der Waals surface area contributed by atoms with Crippen LogP contribution >= 0.6 is 0 Å². The van der Waals surface area contributed by atoms with Crippen molar-refractivity contribution in [2.45, 2.75) is 6.92 Å². The van der Waals surface area contributed by atoms with Gasteiger partial charge in [0.25, 0.3) is 0 Å². The average Bonchev–Trinajstić information content (AvgIpc) is 2.15. The second-order valence-electron chi connectivity index (χ2n) is 2.98. The number of carboxylic acids is 1. The number of carboxylic acid groups (broad SMARTS) is 1. The predicted octanol–water partition coefficient (Wildman–Crippen LogP) is 1.98. The summed E-state index contributed by atoms with van der Waals surface area (Å²) in [5, 5.41) is 8.60. The second-order valence-corrected chi connectivity index (χ2v) is 2.98. The van der Waals surface area contributed by atoms with Gasteiger partial charge in [-0.3, -0.25) is 0 Å². The van der Waals surface area contributed by atoms with Gasteiger partial charge < -0.3 is 10.0 Å². The first-order valence-electron chi connectivity index (χ1n) is 4.30. The van der Waals surface area contributed by atoms with Gasteiger partial charge in [0.05, 0.1) is 5.56 Å². The Morgan fingerprint density at radius 3 is 2.64 bits per heavy atom. The number of hydrogen-bond donors (Lipinski definition) is 1. The van der Waals surface area contributed by atoms with Crippen LogP contribution in [0.3, 0.4) is 0 Å². The number of hydrogen-bond acceptors (Lipinski definition) is 2. The molecule has 0 unspecified atom stereocenters. The predicted molar refractivity (Wildman–Crippen MR) is 52.3 cm³/mol. The fraction of sp³-hybridized carbons (Fsp3) is 0.300. The van der Waals surface area contributed by atoms with Gasteiger partial charge in [-0.25, -0.2) is 9.18 Å². The lowest BCUT2D eigenvalue weighted by atomic mass is 10.2. The molecule has 0 radical (unpaired) electrons. The molecule has 0 aliphatic carbocycles. The van der Waals surface area contributed by atoms with Gasteiger partial charge in [-0.05, 0) is 25.1 Å². The SMILES string of the molecule is CCN(C)c1ccc(C(=O)O)c(F)c1. The molecule has 0 fully saturated rings. The summed E-state index contributed by atoms with van der Waals surface area (Å²) in [6.07, 6.45) is 0. The highest BCUT2D eigenvalue weighted by atomic mass is 19.1. The van der Waals surface area contributed by atoms with Crippen molar-refractivity contribution < 1.29 is 14.3 Å². The summed E-state index contributed by atoms with van der Waals surface area (Å²) in [5.41, 5.74) is 0.383. The molecule has 4 heteroatoms.